The third kappa shape index (κ3) is 6.35. The zero-order chi connectivity index (χ0) is 17.6. The second kappa shape index (κ2) is 8.04. The summed E-state index contributed by atoms with van der Waals surface area (Å²) in [5.74, 6) is -0.833. The van der Waals surface area contributed by atoms with Gasteiger partial charge in [-0.15, -0.1) is 0 Å². The molecule has 1 aromatic carbocycles. The number of amides is 2. The molecule has 0 aliphatic rings. The Morgan fingerprint density at radius 2 is 1.87 bits per heavy atom. The lowest BCUT2D eigenvalue weighted by Crippen LogP contribution is -2.47. The van der Waals surface area contributed by atoms with Crippen LogP contribution < -0.4 is 21.5 Å². The molecule has 0 radical (unpaired) electrons. The predicted molar refractivity (Wildman–Crippen MR) is 85.5 cm³/mol. The number of benzene rings is 1. The Kier molecular flexibility index (Phi) is 6.67. The Labute approximate surface area is 135 Å². The van der Waals surface area contributed by atoms with E-state index in [4.69, 9.17) is 10.9 Å². The van der Waals surface area contributed by atoms with Crippen molar-refractivity contribution in [3.05, 3.63) is 29.8 Å². The first kappa shape index (κ1) is 19.1. The highest BCUT2D eigenvalue weighted by Gasteiger charge is 2.17. The molecule has 2 amide bonds. The number of primary sulfonamides is 1. The number of carbonyl (C=O) groups excluding carboxylic acids is 2. The van der Waals surface area contributed by atoms with Crippen molar-refractivity contribution in [2.45, 2.75) is 31.3 Å². The summed E-state index contributed by atoms with van der Waals surface area (Å²) in [6.07, 6.45) is 0. The van der Waals surface area contributed by atoms with E-state index in [1.54, 1.807) is 6.07 Å². The smallest absolute Gasteiger partial charge is 0.239 e. The number of nitrogens with two attached hydrogens (primary N) is 2. The fourth-order valence-corrected chi connectivity index (χ4v) is 2.27. The first-order valence-corrected chi connectivity index (χ1v) is 8.57. The van der Waals surface area contributed by atoms with Gasteiger partial charge in [0.1, 0.15) is 0 Å². The number of nitrogens with one attached hydrogen (secondary N) is 2. The van der Waals surface area contributed by atoms with Gasteiger partial charge >= 0.3 is 0 Å². The number of hydrogen-bond donors (Lipinski definition) is 4. The third-order valence-corrected chi connectivity index (χ3v) is 4.07. The summed E-state index contributed by atoms with van der Waals surface area (Å²) in [4.78, 5) is 23.3. The molecule has 23 heavy (non-hydrogen) atoms. The van der Waals surface area contributed by atoms with Gasteiger partial charge in [-0.2, -0.15) is 0 Å². The molecule has 0 unspecified atom stereocenters. The van der Waals surface area contributed by atoms with Crippen LogP contribution in [-0.2, 0) is 26.2 Å². The van der Waals surface area contributed by atoms with Gasteiger partial charge in [-0.05, 0) is 23.6 Å². The minimum atomic E-state index is -3.79. The molecular weight excluding hydrogens is 320 g/mol. The summed E-state index contributed by atoms with van der Waals surface area (Å²) < 4.78 is 22.5. The van der Waals surface area contributed by atoms with Crippen LogP contribution in [0.2, 0.25) is 0 Å². The van der Waals surface area contributed by atoms with Crippen LogP contribution in [0.1, 0.15) is 19.4 Å². The molecule has 0 saturated carbocycles. The zero-order valence-corrected chi connectivity index (χ0v) is 13.9. The third-order valence-electron chi connectivity index (χ3n) is 3.16. The van der Waals surface area contributed by atoms with Crippen LogP contribution in [0.15, 0.2) is 29.2 Å². The molecule has 0 aliphatic heterocycles. The number of hydrogen-bond acceptors (Lipinski definition) is 5. The standard InChI is InChI=1S/C14H22N4O4S/c1-9(2)13(15)14(20)18-8-12(19)17-7-10-4-3-5-11(6-10)23(16,21)22/h3-6,9,13H,7-8,15H2,1-2H3,(H,17,19)(H,18,20)(H2,16,21,22)/t13-/m0/s1. The highest BCUT2D eigenvalue weighted by molar-refractivity contribution is 7.89. The minimum absolute atomic E-state index is 0.0274. The molecule has 0 aliphatic carbocycles. The highest BCUT2D eigenvalue weighted by atomic mass is 32.2. The Bertz CT molecular complexity index is 673. The molecule has 8 nitrogen and oxygen atoms in total. The summed E-state index contributed by atoms with van der Waals surface area (Å²) in [6.45, 7) is 3.54. The molecule has 0 aromatic heterocycles. The Morgan fingerprint density at radius 3 is 2.43 bits per heavy atom. The van der Waals surface area contributed by atoms with Gasteiger partial charge in [0.2, 0.25) is 21.8 Å². The monoisotopic (exact) mass is 342 g/mol. The SMILES string of the molecule is CC(C)[C@H](N)C(=O)NCC(=O)NCc1cccc(S(N)(=O)=O)c1. The van der Waals surface area contributed by atoms with Crippen LogP contribution >= 0.6 is 0 Å². The zero-order valence-electron chi connectivity index (χ0n) is 13.1. The average molecular weight is 342 g/mol. The van der Waals surface area contributed by atoms with Crippen molar-refractivity contribution >= 4 is 21.8 Å². The van der Waals surface area contributed by atoms with Gasteiger partial charge in [0, 0.05) is 6.54 Å². The topological polar surface area (TPSA) is 144 Å². The van der Waals surface area contributed by atoms with E-state index in [0.717, 1.165) is 0 Å². The van der Waals surface area contributed by atoms with Gasteiger partial charge in [-0.3, -0.25) is 9.59 Å². The summed E-state index contributed by atoms with van der Waals surface area (Å²) in [5.41, 5.74) is 6.23. The molecule has 0 bridgehead atoms. The largest absolute Gasteiger partial charge is 0.350 e. The molecule has 0 fully saturated rings. The summed E-state index contributed by atoms with van der Waals surface area (Å²) in [5, 5.41) is 10.1. The lowest BCUT2D eigenvalue weighted by Gasteiger charge is -2.15. The van der Waals surface area contributed by atoms with Crippen molar-refractivity contribution in [3.8, 4) is 0 Å². The molecule has 6 N–H and O–H groups in total. The second-order valence-corrected chi connectivity index (χ2v) is 7.02. The molecule has 1 aromatic rings. The van der Waals surface area contributed by atoms with Crippen molar-refractivity contribution < 1.29 is 18.0 Å². The Balaban J connectivity index is 2.50. The maximum absolute atomic E-state index is 11.7. The summed E-state index contributed by atoms with van der Waals surface area (Å²) >= 11 is 0. The number of carbonyl (C=O) groups is 2. The van der Waals surface area contributed by atoms with Crippen molar-refractivity contribution in [1.82, 2.24) is 10.6 Å². The lowest BCUT2D eigenvalue weighted by atomic mass is 10.1. The maximum Gasteiger partial charge on any atom is 0.239 e. The molecule has 1 rings (SSSR count). The van der Waals surface area contributed by atoms with Crippen molar-refractivity contribution in [1.29, 1.82) is 0 Å². The van der Waals surface area contributed by atoms with E-state index in [0.29, 0.717) is 5.56 Å². The van der Waals surface area contributed by atoms with Crippen molar-refractivity contribution in [2.75, 3.05) is 6.54 Å². The first-order chi connectivity index (χ1) is 10.6. The van der Waals surface area contributed by atoms with Crippen molar-refractivity contribution in [2.24, 2.45) is 16.8 Å². The van der Waals surface area contributed by atoms with Crippen LogP contribution in [0.5, 0.6) is 0 Å². The van der Waals surface area contributed by atoms with Crippen LogP contribution in [0, 0.1) is 5.92 Å². The van der Waals surface area contributed by atoms with E-state index >= 15 is 0 Å². The summed E-state index contributed by atoms with van der Waals surface area (Å²) in [7, 11) is -3.79. The normalized spacial score (nSPS) is 12.7. The fourth-order valence-electron chi connectivity index (χ4n) is 1.68. The van der Waals surface area contributed by atoms with Gasteiger partial charge in [0.05, 0.1) is 17.5 Å². The highest BCUT2D eigenvalue weighted by Crippen LogP contribution is 2.09. The van der Waals surface area contributed by atoms with Crippen LogP contribution in [-0.4, -0.2) is 32.8 Å². The van der Waals surface area contributed by atoms with Gasteiger partial charge in [0.25, 0.3) is 0 Å². The van der Waals surface area contributed by atoms with E-state index in [1.165, 1.54) is 18.2 Å². The Morgan fingerprint density at radius 1 is 1.22 bits per heavy atom. The van der Waals surface area contributed by atoms with Gasteiger partial charge in [-0.1, -0.05) is 26.0 Å². The molecule has 9 heteroatoms. The van der Waals surface area contributed by atoms with Gasteiger partial charge < -0.3 is 16.4 Å². The molecule has 0 heterocycles. The second-order valence-electron chi connectivity index (χ2n) is 5.46. The number of sulfonamides is 1. The molecule has 128 valence electrons. The Hall–Kier alpha value is -1.97. The first-order valence-electron chi connectivity index (χ1n) is 7.03. The fraction of sp³-hybridized carbons (Fsp3) is 0.429. The molecule has 0 saturated heterocycles. The minimum Gasteiger partial charge on any atom is -0.350 e. The molecule has 0 spiro atoms. The van der Waals surface area contributed by atoms with Gasteiger partial charge in [-0.25, -0.2) is 13.6 Å². The van der Waals surface area contributed by atoms with Crippen molar-refractivity contribution in [3.63, 3.8) is 0 Å². The quantitative estimate of drug-likeness (QED) is 0.505. The maximum atomic E-state index is 11.7. The van der Waals surface area contributed by atoms with E-state index in [1.807, 2.05) is 13.8 Å². The number of rotatable bonds is 7. The van der Waals surface area contributed by atoms with Crippen LogP contribution in [0.25, 0.3) is 0 Å². The average Bonchev–Trinajstić information content (AvgIpc) is 2.49. The predicted octanol–water partition coefficient (Wildman–Crippen LogP) is -0.950. The van der Waals surface area contributed by atoms with Crippen LogP contribution in [0.4, 0.5) is 0 Å². The van der Waals surface area contributed by atoms with E-state index in [-0.39, 0.29) is 23.9 Å². The van der Waals surface area contributed by atoms with E-state index in [9.17, 15) is 18.0 Å². The lowest BCUT2D eigenvalue weighted by molar-refractivity contribution is -0.127. The summed E-state index contributed by atoms with van der Waals surface area (Å²) in [6, 6.07) is 5.26. The molecule has 1 atom stereocenters. The van der Waals surface area contributed by atoms with Gasteiger partial charge in [0.15, 0.2) is 0 Å². The van der Waals surface area contributed by atoms with E-state index in [2.05, 4.69) is 10.6 Å². The van der Waals surface area contributed by atoms with E-state index < -0.39 is 27.9 Å². The molecular formula is C14H22N4O4S. The van der Waals surface area contributed by atoms with Crippen LogP contribution in [0.3, 0.4) is 0 Å².